The van der Waals surface area contributed by atoms with Crippen molar-refractivity contribution in [1.82, 2.24) is 0 Å². The van der Waals surface area contributed by atoms with Crippen LogP contribution >= 0.6 is 11.6 Å². The SMILES string of the molecule is CC(C)(C)[Si](C)(C)OCC/C(Cl)=C/C(O)/C=C/C1CCCCC1. The fraction of sp³-hybridized carbons (Fsp3) is 0.789. The lowest BCUT2D eigenvalue weighted by Gasteiger charge is -2.36. The van der Waals surface area contributed by atoms with Gasteiger partial charge in [-0.3, -0.25) is 0 Å². The minimum absolute atomic E-state index is 0.214. The van der Waals surface area contributed by atoms with Crippen LogP contribution in [0.25, 0.3) is 0 Å². The second-order valence-electron chi connectivity index (χ2n) is 8.25. The van der Waals surface area contributed by atoms with Crippen molar-refractivity contribution in [1.29, 1.82) is 0 Å². The normalized spacial score (nSPS) is 20.2. The van der Waals surface area contributed by atoms with E-state index < -0.39 is 14.4 Å². The molecule has 0 radical (unpaired) electrons. The molecular formula is C19H35ClO2Si. The van der Waals surface area contributed by atoms with Crippen molar-refractivity contribution in [3.8, 4) is 0 Å². The van der Waals surface area contributed by atoms with E-state index in [1.807, 2.05) is 6.08 Å². The monoisotopic (exact) mass is 358 g/mol. The van der Waals surface area contributed by atoms with E-state index in [0.717, 1.165) is 0 Å². The third kappa shape index (κ3) is 8.02. The molecule has 0 aromatic carbocycles. The van der Waals surface area contributed by atoms with Gasteiger partial charge in [-0.1, -0.05) is 63.8 Å². The van der Waals surface area contributed by atoms with Crippen LogP contribution in [0.4, 0.5) is 0 Å². The number of allylic oxidation sites excluding steroid dienone is 1. The predicted octanol–water partition coefficient (Wildman–Crippen LogP) is 6.02. The summed E-state index contributed by atoms with van der Waals surface area (Å²) >= 11 is 6.24. The summed E-state index contributed by atoms with van der Waals surface area (Å²) < 4.78 is 6.12. The summed E-state index contributed by atoms with van der Waals surface area (Å²) in [5.41, 5.74) is 0. The van der Waals surface area contributed by atoms with Gasteiger partial charge in [-0.15, -0.1) is 0 Å². The zero-order valence-electron chi connectivity index (χ0n) is 15.6. The molecule has 0 spiro atoms. The zero-order chi connectivity index (χ0) is 17.5. The fourth-order valence-corrected chi connectivity index (χ4v) is 3.79. The van der Waals surface area contributed by atoms with E-state index >= 15 is 0 Å². The molecule has 0 saturated heterocycles. The largest absolute Gasteiger partial charge is 0.416 e. The van der Waals surface area contributed by atoms with Gasteiger partial charge in [-0.05, 0) is 43.0 Å². The van der Waals surface area contributed by atoms with E-state index in [1.165, 1.54) is 32.1 Å². The van der Waals surface area contributed by atoms with Crippen LogP contribution in [0.1, 0.15) is 59.3 Å². The molecule has 1 unspecified atom stereocenters. The first-order chi connectivity index (χ1) is 10.6. The van der Waals surface area contributed by atoms with Crippen LogP contribution in [0.5, 0.6) is 0 Å². The molecule has 0 aliphatic heterocycles. The van der Waals surface area contributed by atoms with Gasteiger partial charge in [0.05, 0.1) is 6.10 Å². The van der Waals surface area contributed by atoms with Gasteiger partial charge in [0.1, 0.15) is 0 Å². The molecule has 1 atom stereocenters. The van der Waals surface area contributed by atoms with E-state index in [0.29, 0.717) is 24.0 Å². The maximum absolute atomic E-state index is 10.1. The Labute approximate surface area is 149 Å². The molecule has 1 rings (SSSR count). The lowest BCUT2D eigenvalue weighted by Crippen LogP contribution is -2.40. The highest BCUT2D eigenvalue weighted by molar-refractivity contribution is 6.74. The minimum Gasteiger partial charge on any atom is -0.416 e. The van der Waals surface area contributed by atoms with Crippen LogP contribution in [0.15, 0.2) is 23.3 Å². The Balaban J connectivity index is 2.36. The summed E-state index contributed by atoms with van der Waals surface area (Å²) in [6, 6.07) is 0. The molecule has 0 amide bonds. The topological polar surface area (TPSA) is 29.5 Å². The molecular weight excluding hydrogens is 324 g/mol. The molecule has 2 nitrogen and oxygen atoms in total. The highest BCUT2D eigenvalue weighted by Gasteiger charge is 2.36. The first-order valence-corrected chi connectivity index (χ1v) is 12.3. The molecule has 0 aromatic rings. The van der Waals surface area contributed by atoms with Crippen LogP contribution in [-0.2, 0) is 4.43 Å². The molecule has 0 bridgehead atoms. The second-order valence-corrected chi connectivity index (χ2v) is 13.5. The molecule has 1 saturated carbocycles. The summed E-state index contributed by atoms with van der Waals surface area (Å²) in [4.78, 5) is 0. The molecule has 23 heavy (non-hydrogen) atoms. The maximum atomic E-state index is 10.1. The maximum Gasteiger partial charge on any atom is 0.191 e. The predicted molar refractivity (Wildman–Crippen MR) is 103 cm³/mol. The highest BCUT2D eigenvalue weighted by atomic mass is 35.5. The standard InChI is InChI=1S/C19H35ClO2Si/c1-19(2,3)23(4,5)22-14-13-17(20)15-18(21)12-11-16-9-7-6-8-10-16/h11-12,15-16,18,21H,6-10,13-14H2,1-5H3/b12-11+,17-15-. The minimum atomic E-state index is -1.71. The Morgan fingerprint density at radius 1 is 1.26 bits per heavy atom. The average Bonchev–Trinajstić information content (AvgIpc) is 2.45. The van der Waals surface area contributed by atoms with Crippen LogP contribution < -0.4 is 0 Å². The Bertz CT molecular complexity index is 404. The number of halogens is 1. The van der Waals surface area contributed by atoms with Gasteiger partial charge in [0.2, 0.25) is 0 Å². The zero-order valence-corrected chi connectivity index (χ0v) is 17.3. The Morgan fingerprint density at radius 3 is 2.43 bits per heavy atom. The number of rotatable bonds is 7. The van der Waals surface area contributed by atoms with Crippen molar-refractivity contribution in [2.75, 3.05) is 6.61 Å². The lowest BCUT2D eigenvalue weighted by atomic mass is 9.89. The van der Waals surface area contributed by atoms with E-state index in [2.05, 4.69) is 39.9 Å². The fourth-order valence-electron chi connectivity index (χ4n) is 2.54. The van der Waals surface area contributed by atoms with Crippen molar-refractivity contribution in [2.24, 2.45) is 5.92 Å². The van der Waals surface area contributed by atoms with Gasteiger partial charge in [-0.25, -0.2) is 0 Å². The molecule has 1 aliphatic rings. The molecule has 1 fully saturated rings. The van der Waals surface area contributed by atoms with Gasteiger partial charge in [0.25, 0.3) is 0 Å². The van der Waals surface area contributed by atoms with E-state index in [9.17, 15) is 5.11 Å². The number of hydrogen-bond acceptors (Lipinski definition) is 2. The smallest absolute Gasteiger partial charge is 0.191 e. The van der Waals surface area contributed by atoms with Crippen molar-refractivity contribution < 1.29 is 9.53 Å². The molecule has 4 heteroatoms. The quantitative estimate of drug-likeness (QED) is 0.445. The third-order valence-electron chi connectivity index (χ3n) is 5.19. The third-order valence-corrected chi connectivity index (χ3v) is 10.0. The molecule has 134 valence electrons. The summed E-state index contributed by atoms with van der Waals surface area (Å²) in [6.07, 6.45) is 12.3. The molecule has 1 N–H and O–H groups in total. The van der Waals surface area contributed by atoms with Crippen molar-refractivity contribution in [2.45, 2.75) is 83.5 Å². The second kappa shape index (κ2) is 9.41. The summed E-state index contributed by atoms with van der Waals surface area (Å²) in [5.74, 6) is 0.632. The number of aliphatic hydroxyl groups excluding tert-OH is 1. The first kappa shape index (κ1) is 21.0. The highest BCUT2D eigenvalue weighted by Crippen LogP contribution is 2.36. The Hall–Kier alpha value is -0.0931. The summed E-state index contributed by atoms with van der Waals surface area (Å²) in [5, 5.41) is 11.0. The van der Waals surface area contributed by atoms with Crippen molar-refractivity contribution >= 4 is 19.9 Å². The van der Waals surface area contributed by atoms with Crippen LogP contribution in [0.3, 0.4) is 0 Å². The Morgan fingerprint density at radius 2 is 1.87 bits per heavy atom. The van der Waals surface area contributed by atoms with Crippen molar-refractivity contribution in [3.05, 3.63) is 23.3 Å². The van der Waals surface area contributed by atoms with Gasteiger partial charge in [-0.2, -0.15) is 0 Å². The summed E-state index contributed by atoms with van der Waals surface area (Å²) in [7, 11) is -1.71. The van der Waals surface area contributed by atoms with Crippen molar-refractivity contribution in [3.63, 3.8) is 0 Å². The average molecular weight is 359 g/mol. The van der Waals surface area contributed by atoms with E-state index in [-0.39, 0.29) is 5.04 Å². The van der Waals surface area contributed by atoms with Gasteiger partial charge in [0.15, 0.2) is 8.32 Å². The van der Waals surface area contributed by atoms with Crippen LogP contribution in [0.2, 0.25) is 18.1 Å². The summed E-state index contributed by atoms with van der Waals surface area (Å²) in [6.45, 7) is 11.8. The molecule has 0 heterocycles. The van der Waals surface area contributed by atoms with E-state index in [1.54, 1.807) is 6.08 Å². The number of aliphatic hydroxyl groups is 1. The molecule has 0 aromatic heterocycles. The first-order valence-electron chi connectivity index (χ1n) is 8.98. The van der Waals surface area contributed by atoms with E-state index in [4.69, 9.17) is 16.0 Å². The lowest BCUT2D eigenvalue weighted by molar-refractivity contribution is 0.267. The van der Waals surface area contributed by atoms with Gasteiger partial charge >= 0.3 is 0 Å². The molecule has 1 aliphatic carbocycles. The number of hydrogen-bond donors (Lipinski definition) is 1. The van der Waals surface area contributed by atoms with Crippen LogP contribution in [-0.4, -0.2) is 26.1 Å². The van der Waals surface area contributed by atoms with Crippen LogP contribution in [0, 0.1) is 5.92 Å². The van der Waals surface area contributed by atoms with Gasteiger partial charge < -0.3 is 9.53 Å². The Kier molecular flexibility index (Phi) is 8.57. The van der Waals surface area contributed by atoms with Gasteiger partial charge in [0, 0.05) is 18.1 Å².